The van der Waals surface area contributed by atoms with Crippen molar-refractivity contribution in [3.8, 4) is 0 Å². The lowest BCUT2D eigenvalue weighted by atomic mass is 10.0. The number of nitrogens with zero attached hydrogens (tertiary/aromatic N) is 1. The molecule has 11 heavy (non-hydrogen) atoms. The maximum atomic E-state index is 12.8. The molecule has 0 aromatic carbocycles. The van der Waals surface area contributed by atoms with Crippen molar-refractivity contribution in [2.45, 2.75) is 19.0 Å². The summed E-state index contributed by atoms with van der Waals surface area (Å²) < 4.78 is 12.8. The Hall–Kier alpha value is -0.790. The largest absolute Gasteiger partial charge is 0.377 e. The minimum Gasteiger partial charge on any atom is -0.377 e. The van der Waals surface area contributed by atoms with Crippen LogP contribution >= 0.6 is 0 Å². The van der Waals surface area contributed by atoms with E-state index in [1.165, 1.54) is 11.3 Å². The molecule has 2 heteroatoms. The fraction of sp³-hybridized carbons (Fsp3) is 0.556. The van der Waals surface area contributed by atoms with Gasteiger partial charge in [0, 0.05) is 25.7 Å². The maximum Gasteiger partial charge on any atom is 0.124 e. The Bertz CT molecular complexity index is 230. The van der Waals surface area contributed by atoms with Crippen molar-refractivity contribution in [2.75, 3.05) is 13.6 Å². The van der Waals surface area contributed by atoms with Gasteiger partial charge in [-0.05, 0) is 18.1 Å². The zero-order valence-corrected chi connectivity index (χ0v) is 6.68. The van der Waals surface area contributed by atoms with Crippen molar-refractivity contribution in [1.82, 2.24) is 4.90 Å². The van der Waals surface area contributed by atoms with E-state index in [-0.39, 0.29) is 0 Å². The van der Waals surface area contributed by atoms with Gasteiger partial charge < -0.3 is 4.90 Å². The van der Waals surface area contributed by atoms with Crippen LogP contribution in [0.1, 0.15) is 12.8 Å². The Balaban J connectivity index is 2.26. The molecule has 60 valence electrons. The van der Waals surface area contributed by atoms with Crippen LogP contribution in [0.2, 0.25) is 0 Å². The third-order valence-corrected chi connectivity index (χ3v) is 2.44. The predicted molar refractivity (Wildman–Crippen MR) is 42.9 cm³/mol. The lowest BCUT2D eigenvalue weighted by molar-refractivity contribution is 0.352. The van der Waals surface area contributed by atoms with Crippen molar-refractivity contribution in [2.24, 2.45) is 0 Å². The highest BCUT2D eigenvalue weighted by Gasteiger charge is 2.22. The molecular formula is C9H12FN. The van der Waals surface area contributed by atoms with Gasteiger partial charge in [0.25, 0.3) is 0 Å². The Morgan fingerprint density at radius 1 is 1.64 bits per heavy atom. The van der Waals surface area contributed by atoms with Crippen LogP contribution < -0.4 is 0 Å². The number of hydrogen-bond donors (Lipinski definition) is 0. The van der Waals surface area contributed by atoms with Crippen molar-refractivity contribution in [1.29, 1.82) is 0 Å². The van der Waals surface area contributed by atoms with E-state index in [9.17, 15) is 4.39 Å². The quantitative estimate of drug-likeness (QED) is 0.513. The van der Waals surface area contributed by atoms with Crippen molar-refractivity contribution >= 4 is 0 Å². The van der Waals surface area contributed by atoms with Crippen LogP contribution in [0.4, 0.5) is 4.39 Å². The highest BCUT2D eigenvalue weighted by Crippen LogP contribution is 2.30. The van der Waals surface area contributed by atoms with Gasteiger partial charge in [0.2, 0.25) is 0 Å². The fourth-order valence-electron chi connectivity index (χ4n) is 1.75. The minimum absolute atomic E-state index is 0.586. The summed E-state index contributed by atoms with van der Waals surface area (Å²) in [6.45, 7) is 1.06. The third-order valence-electron chi connectivity index (χ3n) is 2.44. The summed E-state index contributed by atoms with van der Waals surface area (Å²) in [5, 5.41) is 0. The van der Waals surface area contributed by atoms with E-state index < -0.39 is 6.17 Å². The Labute approximate surface area is 66.2 Å². The standard InChI is InChI=1S/C9H12FN/c1-11-5-4-7-2-3-8(10)6-9(7)11/h2-3,8H,4-6H2,1H3. The molecule has 1 aliphatic carbocycles. The first-order chi connectivity index (χ1) is 5.27. The predicted octanol–water partition coefficient (Wildman–Crippen LogP) is 1.87. The van der Waals surface area contributed by atoms with E-state index >= 15 is 0 Å². The zero-order chi connectivity index (χ0) is 7.84. The number of rotatable bonds is 0. The number of allylic oxidation sites excluding steroid dienone is 3. The minimum atomic E-state index is -0.755. The molecule has 1 atom stereocenters. The van der Waals surface area contributed by atoms with E-state index in [0.29, 0.717) is 6.42 Å². The second-order valence-electron chi connectivity index (χ2n) is 3.22. The van der Waals surface area contributed by atoms with Crippen LogP contribution in [0.25, 0.3) is 0 Å². The molecule has 0 saturated heterocycles. The molecule has 2 rings (SSSR count). The lowest BCUT2D eigenvalue weighted by Crippen LogP contribution is -2.16. The molecule has 0 spiro atoms. The van der Waals surface area contributed by atoms with E-state index in [1.54, 1.807) is 6.08 Å². The molecule has 0 aromatic rings. The second kappa shape index (κ2) is 2.36. The van der Waals surface area contributed by atoms with Gasteiger partial charge in [-0.1, -0.05) is 6.08 Å². The van der Waals surface area contributed by atoms with Crippen LogP contribution in [0.5, 0.6) is 0 Å². The van der Waals surface area contributed by atoms with Gasteiger partial charge in [-0.3, -0.25) is 0 Å². The van der Waals surface area contributed by atoms with Crippen LogP contribution in [0, 0.1) is 0 Å². The molecule has 0 amide bonds. The molecule has 0 bridgehead atoms. The van der Waals surface area contributed by atoms with Gasteiger partial charge in [0.15, 0.2) is 0 Å². The van der Waals surface area contributed by atoms with Crippen LogP contribution in [-0.2, 0) is 0 Å². The summed E-state index contributed by atoms with van der Waals surface area (Å²) in [7, 11) is 2.04. The molecule has 1 unspecified atom stereocenters. The fourth-order valence-corrected chi connectivity index (χ4v) is 1.75. The Kier molecular flexibility index (Phi) is 1.48. The van der Waals surface area contributed by atoms with Gasteiger partial charge in [0.1, 0.15) is 6.17 Å². The van der Waals surface area contributed by atoms with Crippen LogP contribution in [-0.4, -0.2) is 24.7 Å². The van der Waals surface area contributed by atoms with Crippen molar-refractivity contribution < 1.29 is 4.39 Å². The summed E-state index contributed by atoms with van der Waals surface area (Å²) >= 11 is 0. The molecule has 0 saturated carbocycles. The van der Waals surface area contributed by atoms with Gasteiger partial charge >= 0.3 is 0 Å². The molecule has 0 N–H and O–H groups in total. The first-order valence-electron chi connectivity index (χ1n) is 4.03. The summed E-state index contributed by atoms with van der Waals surface area (Å²) in [5.74, 6) is 0. The molecular weight excluding hydrogens is 141 g/mol. The first-order valence-corrected chi connectivity index (χ1v) is 4.03. The molecule has 2 aliphatic rings. The smallest absolute Gasteiger partial charge is 0.124 e. The van der Waals surface area contributed by atoms with E-state index in [4.69, 9.17) is 0 Å². The van der Waals surface area contributed by atoms with Gasteiger partial charge in [0.05, 0.1) is 0 Å². The van der Waals surface area contributed by atoms with E-state index in [1.807, 2.05) is 13.1 Å². The monoisotopic (exact) mass is 153 g/mol. The SMILES string of the molecule is CN1CCC2=C1CC(F)C=C2. The van der Waals surface area contributed by atoms with Crippen molar-refractivity contribution in [3.63, 3.8) is 0 Å². The summed E-state index contributed by atoms with van der Waals surface area (Å²) in [6.07, 6.45) is 4.52. The van der Waals surface area contributed by atoms with E-state index in [0.717, 1.165) is 13.0 Å². The number of halogens is 1. The first kappa shape index (κ1) is 6.89. The zero-order valence-electron chi connectivity index (χ0n) is 6.68. The molecule has 1 nitrogen and oxygen atoms in total. The molecule has 1 heterocycles. The van der Waals surface area contributed by atoms with Crippen LogP contribution in [0.3, 0.4) is 0 Å². The topological polar surface area (TPSA) is 3.24 Å². The van der Waals surface area contributed by atoms with E-state index in [2.05, 4.69) is 4.90 Å². The highest BCUT2D eigenvalue weighted by molar-refractivity contribution is 5.33. The average molecular weight is 153 g/mol. The average Bonchev–Trinajstić information content (AvgIpc) is 2.33. The third kappa shape index (κ3) is 1.06. The van der Waals surface area contributed by atoms with Gasteiger partial charge in [-0.25, -0.2) is 4.39 Å². The lowest BCUT2D eigenvalue weighted by Gasteiger charge is -2.19. The molecule has 0 aromatic heterocycles. The van der Waals surface area contributed by atoms with Crippen LogP contribution in [0.15, 0.2) is 23.4 Å². The summed E-state index contributed by atoms with van der Waals surface area (Å²) in [6, 6.07) is 0. The van der Waals surface area contributed by atoms with Gasteiger partial charge in [-0.15, -0.1) is 0 Å². The Morgan fingerprint density at radius 3 is 3.27 bits per heavy atom. The number of alkyl halides is 1. The summed E-state index contributed by atoms with van der Waals surface area (Å²) in [5.41, 5.74) is 2.54. The highest BCUT2D eigenvalue weighted by atomic mass is 19.1. The van der Waals surface area contributed by atoms with Crippen molar-refractivity contribution in [3.05, 3.63) is 23.4 Å². The number of hydrogen-bond acceptors (Lipinski definition) is 1. The second-order valence-corrected chi connectivity index (χ2v) is 3.22. The molecule has 0 fully saturated rings. The normalized spacial score (nSPS) is 29.6. The van der Waals surface area contributed by atoms with Gasteiger partial charge in [-0.2, -0.15) is 0 Å². The molecule has 0 radical (unpaired) electrons. The maximum absolute atomic E-state index is 12.8. The Morgan fingerprint density at radius 2 is 2.45 bits per heavy atom. The summed E-state index contributed by atoms with van der Waals surface area (Å²) in [4.78, 5) is 2.16. The molecule has 1 aliphatic heterocycles.